The van der Waals surface area contributed by atoms with E-state index in [1.54, 1.807) is 0 Å². The van der Waals surface area contributed by atoms with Crippen molar-refractivity contribution in [3.63, 3.8) is 0 Å². The molecule has 7 nitrogen and oxygen atoms in total. The van der Waals surface area contributed by atoms with Crippen LogP contribution in [-0.2, 0) is 10.4 Å². The molecular formula is C8H10N2O5S. The van der Waals surface area contributed by atoms with Gasteiger partial charge in [0.1, 0.15) is 5.69 Å². The molecule has 0 aliphatic carbocycles. The first kappa shape index (κ1) is 10.8. The summed E-state index contributed by atoms with van der Waals surface area (Å²) in [5, 5.41) is 11.4. The van der Waals surface area contributed by atoms with Crippen molar-refractivity contribution in [2.24, 2.45) is 0 Å². The maximum atomic E-state index is 11.1. The number of rotatable bonds is 3. The third-order valence-electron chi connectivity index (χ3n) is 1.94. The van der Waals surface area contributed by atoms with Crippen LogP contribution in [0.3, 0.4) is 0 Å². The molecule has 0 saturated heterocycles. The number of fused-ring (bicyclic) bond motifs is 1. The lowest BCUT2D eigenvalue weighted by atomic mass is 10.2. The summed E-state index contributed by atoms with van der Waals surface area (Å²) in [7, 11) is -4.03. The van der Waals surface area contributed by atoms with Gasteiger partial charge in [0.15, 0.2) is 5.75 Å². The van der Waals surface area contributed by atoms with Crippen LogP contribution in [0, 0.1) is 0 Å². The second-order valence-corrected chi connectivity index (χ2v) is 4.23. The van der Waals surface area contributed by atoms with E-state index < -0.39 is 10.4 Å². The zero-order valence-corrected chi connectivity index (χ0v) is 8.95. The van der Waals surface area contributed by atoms with E-state index in [-0.39, 0.29) is 24.7 Å². The van der Waals surface area contributed by atoms with Gasteiger partial charge in [-0.2, -0.15) is 0 Å². The van der Waals surface area contributed by atoms with Gasteiger partial charge in [-0.3, -0.25) is 0 Å². The van der Waals surface area contributed by atoms with Gasteiger partial charge in [-0.1, -0.05) is 0 Å². The monoisotopic (exact) mass is 246 g/mol. The first-order valence-electron chi connectivity index (χ1n) is 4.44. The van der Waals surface area contributed by atoms with Crippen LogP contribution in [0.2, 0.25) is 0 Å². The number of nitrogen functional groups attached to an aromatic ring is 1. The maximum Gasteiger partial charge on any atom is 0.501 e. The standard InChI is InChI=1S/C8H10N2O5S/c9-5-1-2-6-8(7(5)10-3-4-11)15-16(12,13)14-6/h1-2,10-11H,3-4,9H2. The van der Waals surface area contributed by atoms with Gasteiger partial charge in [0.05, 0.1) is 12.3 Å². The molecule has 4 N–H and O–H groups in total. The van der Waals surface area contributed by atoms with Gasteiger partial charge in [-0.15, -0.1) is 8.42 Å². The second-order valence-electron chi connectivity index (χ2n) is 3.08. The quantitative estimate of drug-likeness (QED) is 0.627. The van der Waals surface area contributed by atoms with Crippen molar-refractivity contribution in [1.29, 1.82) is 0 Å². The van der Waals surface area contributed by atoms with Crippen LogP contribution in [0.4, 0.5) is 11.4 Å². The van der Waals surface area contributed by atoms with Gasteiger partial charge in [0, 0.05) is 6.54 Å². The van der Waals surface area contributed by atoms with Crippen molar-refractivity contribution in [2.45, 2.75) is 0 Å². The highest BCUT2D eigenvalue weighted by atomic mass is 32.3. The number of anilines is 2. The first-order chi connectivity index (χ1) is 7.53. The fourth-order valence-electron chi connectivity index (χ4n) is 1.32. The maximum absolute atomic E-state index is 11.1. The van der Waals surface area contributed by atoms with Crippen molar-refractivity contribution in [3.8, 4) is 11.5 Å². The average Bonchev–Trinajstić information content (AvgIpc) is 2.51. The fraction of sp³-hybridized carbons (Fsp3) is 0.250. The lowest BCUT2D eigenvalue weighted by molar-refractivity contribution is 0.311. The van der Waals surface area contributed by atoms with E-state index in [0.717, 1.165) is 0 Å². The minimum atomic E-state index is -4.03. The van der Waals surface area contributed by atoms with Crippen molar-refractivity contribution in [1.82, 2.24) is 0 Å². The molecule has 0 spiro atoms. The Morgan fingerprint density at radius 2 is 2.12 bits per heavy atom. The average molecular weight is 246 g/mol. The smallest absolute Gasteiger partial charge is 0.397 e. The lowest BCUT2D eigenvalue weighted by Gasteiger charge is -2.09. The number of hydrogen-bond donors (Lipinski definition) is 3. The number of aliphatic hydroxyl groups excluding tert-OH is 1. The highest BCUT2D eigenvalue weighted by molar-refractivity contribution is 7.82. The van der Waals surface area contributed by atoms with Crippen LogP contribution < -0.4 is 19.4 Å². The number of nitrogens with two attached hydrogens (primary N) is 1. The Bertz CT molecular complexity index is 513. The van der Waals surface area contributed by atoms with Crippen LogP contribution >= 0.6 is 0 Å². The van der Waals surface area contributed by atoms with Gasteiger partial charge in [0.25, 0.3) is 0 Å². The van der Waals surface area contributed by atoms with Crippen molar-refractivity contribution >= 4 is 21.8 Å². The normalized spacial score (nSPS) is 16.1. The summed E-state index contributed by atoms with van der Waals surface area (Å²) in [4.78, 5) is 0. The summed E-state index contributed by atoms with van der Waals surface area (Å²) < 4.78 is 31.3. The van der Waals surface area contributed by atoms with E-state index in [4.69, 9.17) is 10.8 Å². The largest absolute Gasteiger partial charge is 0.501 e. The molecule has 1 heterocycles. The van der Waals surface area contributed by atoms with E-state index in [2.05, 4.69) is 13.7 Å². The zero-order valence-electron chi connectivity index (χ0n) is 8.13. The van der Waals surface area contributed by atoms with Gasteiger partial charge in [0.2, 0.25) is 5.75 Å². The lowest BCUT2D eigenvalue weighted by Crippen LogP contribution is -2.10. The summed E-state index contributed by atoms with van der Waals surface area (Å²) >= 11 is 0. The van der Waals surface area contributed by atoms with Crippen molar-refractivity contribution in [2.75, 3.05) is 24.2 Å². The predicted molar refractivity (Wildman–Crippen MR) is 56.6 cm³/mol. The van der Waals surface area contributed by atoms with Crippen LogP contribution in [0.15, 0.2) is 12.1 Å². The Balaban J connectivity index is 2.43. The molecule has 0 saturated carbocycles. The molecule has 2 rings (SSSR count). The fourth-order valence-corrected chi connectivity index (χ4v) is 2.07. The minimum absolute atomic E-state index is 0.0217. The Hall–Kier alpha value is -1.67. The summed E-state index contributed by atoms with van der Waals surface area (Å²) in [6.45, 7) is 0.112. The number of nitrogens with one attached hydrogen (secondary N) is 1. The highest BCUT2D eigenvalue weighted by Crippen LogP contribution is 2.44. The highest BCUT2D eigenvalue weighted by Gasteiger charge is 2.31. The Morgan fingerprint density at radius 3 is 2.81 bits per heavy atom. The predicted octanol–water partition coefficient (Wildman–Crippen LogP) is -0.311. The molecule has 0 bridgehead atoms. The van der Waals surface area contributed by atoms with E-state index in [1.165, 1.54) is 12.1 Å². The summed E-state index contributed by atoms with van der Waals surface area (Å²) in [5.74, 6) is 0.100. The number of hydrogen-bond acceptors (Lipinski definition) is 7. The molecule has 0 radical (unpaired) electrons. The molecule has 1 aromatic carbocycles. The van der Waals surface area contributed by atoms with Crippen LogP contribution in [0.1, 0.15) is 0 Å². The number of aliphatic hydroxyl groups is 1. The molecule has 1 aliphatic rings. The third kappa shape index (κ3) is 1.84. The number of benzene rings is 1. The Morgan fingerprint density at radius 1 is 1.38 bits per heavy atom. The molecule has 16 heavy (non-hydrogen) atoms. The summed E-state index contributed by atoms with van der Waals surface area (Å²) in [6, 6.07) is 2.89. The Kier molecular flexibility index (Phi) is 2.52. The van der Waals surface area contributed by atoms with Crippen LogP contribution in [0.5, 0.6) is 11.5 Å². The molecule has 0 unspecified atom stereocenters. The van der Waals surface area contributed by atoms with Gasteiger partial charge in [-0.05, 0) is 12.1 Å². The van der Waals surface area contributed by atoms with E-state index >= 15 is 0 Å². The minimum Gasteiger partial charge on any atom is -0.397 e. The molecule has 0 atom stereocenters. The van der Waals surface area contributed by atoms with Crippen molar-refractivity contribution < 1.29 is 21.9 Å². The van der Waals surface area contributed by atoms with E-state index in [1.807, 2.05) is 0 Å². The molecular weight excluding hydrogens is 236 g/mol. The SMILES string of the molecule is Nc1ccc2c(c1NCCO)OS(=O)(=O)O2. The zero-order chi connectivity index (χ0) is 11.8. The summed E-state index contributed by atoms with van der Waals surface area (Å²) in [6.07, 6.45) is 0. The first-order valence-corrected chi connectivity index (χ1v) is 5.78. The molecule has 88 valence electrons. The van der Waals surface area contributed by atoms with Crippen LogP contribution in [0.25, 0.3) is 0 Å². The van der Waals surface area contributed by atoms with E-state index in [0.29, 0.717) is 11.4 Å². The molecule has 8 heteroatoms. The molecule has 0 aromatic heterocycles. The molecule has 0 amide bonds. The summed E-state index contributed by atoms with van der Waals surface area (Å²) in [5.41, 5.74) is 6.26. The molecule has 0 fully saturated rings. The third-order valence-corrected chi connectivity index (χ3v) is 2.70. The van der Waals surface area contributed by atoms with E-state index in [9.17, 15) is 8.42 Å². The topological polar surface area (TPSA) is 111 Å². The Labute approximate surface area is 92.1 Å². The van der Waals surface area contributed by atoms with Crippen molar-refractivity contribution in [3.05, 3.63) is 12.1 Å². The van der Waals surface area contributed by atoms with Gasteiger partial charge >= 0.3 is 10.4 Å². The second kappa shape index (κ2) is 3.72. The van der Waals surface area contributed by atoms with Gasteiger partial charge in [-0.25, -0.2) is 0 Å². The molecule has 1 aliphatic heterocycles. The van der Waals surface area contributed by atoms with Crippen LogP contribution in [-0.4, -0.2) is 26.7 Å². The molecule has 1 aromatic rings. The van der Waals surface area contributed by atoms with Gasteiger partial charge < -0.3 is 24.5 Å².